The van der Waals surface area contributed by atoms with E-state index in [1.165, 1.54) is 6.07 Å². The van der Waals surface area contributed by atoms with Crippen LogP contribution in [0.1, 0.15) is 36.5 Å². The average molecular weight is 287 g/mol. The number of hydrogen-bond acceptors (Lipinski definition) is 1. The van der Waals surface area contributed by atoms with Gasteiger partial charge in [0.15, 0.2) is 0 Å². The molecule has 110 valence electrons. The molecule has 1 N–H and O–H groups in total. The minimum Gasteiger partial charge on any atom is -0.465 e. The lowest BCUT2D eigenvalue weighted by Gasteiger charge is -2.22. The van der Waals surface area contributed by atoms with Gasteiger partial charge in [0.1, 0.15) is 0 Å². The standard InChI is InChI=1S/C14H16F3NO2/c1-2-9-7-10-5-3-4-6-18(13(19)20)12(10)8-11(9)14(15,16)17/h7-8H,2-6H2,1H3,(H,19,20). The van der Waals surface area contributed by atoms with Crippen LogP contribution in [0.4, 0.5) is 23.7 Å². The van der Waals surface area contributed by atoms with Gasteiger partial charge < -0.3 is 5.11 Å². The highest BCUT2D eigenvalue weighted by molar-refractivity contribution is 5.87. The average Bonchev–Trinajstić information content (AvgIpc) is 2.57. The zero-order chi connectivity index (χ0) is 14.9. The van der Waals surface area contributed by atoms with Crippen LogP contribution in [0, 0.1) is 0 Å². The molecule has 1 aliphatic heterocycles. The van der Waals surface area contributed by atoms with Crippen LogP contribution < -0.4 is 4.90 Å². The first-order valence-corrected chi connectivity index (χ1v) is 6.58. The summed E-state index contributed by atoms with van der Waals surface area (Å²) in [6.45, 7) is 1.91. The number of carbonyl (C=O) groups is 1. The smallest absolute Gasteiger partial charge is 0.416 e. The van der Waals surface area contributed by atoms with Gasteiger partial charge in [0.05, 0.1) is 11.3 Å². The van der Waals surface area contributed by atoms with Crippen molar-refractivity contribution in [2.24, 2.45) is 0 Å². The van der Waals surface area contributed by atoms with Gasteiger partial charge in [0.25, 0.3) is 0 Å². The third-order valence-electron chi connectivity index (χ3n) is 3.59. The summed E-state index contributed by atoms with van der Waals surface area (Å²) in [4.78, 5) is 12.3. The molecule has 0 spiro atoms. The Hall–Kier alpha value is -1.72. The van der Waals surface area contributed by atoms with E-state index in [4.69, 9.17) is 0 Å². The van der Waals surface area contributed by atoms with E-state index in [-0.39, 0.29) is 24.2 Å². The van der Waals surface area contributed by atoms with E-state index in [2.05, 4.69) is 0 Å². The minimum atomic E-state index is -4.46. The third kappa shape index (κ3) is 2.73. The molecule has 1 aromatic rings. The number of rotatable bonds is 1. The number of amides is 1. The van der Waals surface area contributed by atoms with Crippen molar-refractivity contribution in [2.45, 2.75) is 38.8 Å². The summed E-state index contributed by atoms with van der Waals surface area (Å²) in [6, 6.07) is 2.51. The predicted molar refractivity (Wildman–Crippen MR) is 69.1 cm³/mol. The molecule has 0 aromatic heterocycles. The molecule has 1 amide bonds. The lowest BCUT2D eigenvalue weighted by Crippen LogP contribution is -2.30. The van der Waals surface area contributed by atoms with Crippen LogP contribution >= 0.6 is 0 Å². The maximum Gasteiger partial charge on any atom is 0.416 e. The van der Waals surface area contributed by atoms with Crippen LogP contribution in [0.25, 0.3) is 0 Å². The lowest BCUT2D eigenvalue weighted by molar-refractivity contribution is -0.138. The molecule has 0 atom stereocenters. The Morgan fingerprint density at radius 2 is 2.05 bits per heavy atom. The SMILES string of the molecule is CCc1cc2c(cc1C(F)(F)F)N(C(=O)O)CCCC2. The first-order chi connectivity index (χ1) is 9.34. The van der Waals surface area contributed by atoms with E-state index in [1.54, 1.807) is 6.92 Å². The number of carboxylic acid groups (broad SMARTS) is 1. The third-order valence-corrected chi connectivity index (χ3v) is 3.59. The molecule has 1 aromatic carbocycles. The van der Waals surface area contributed by atoms with Gasteiger partial charge >= 0.3 is 12.3 Å². The Kier molecular flexibility index (Phi) is 3.92. The number of aryl methyl sites for hydroxylation is 2. The highest BCUT2D eigenvalue weighted by Crippen LogP contribution is 2.38. The number of fused-ring (bicyclic) bond motifs is 1. The molecule has 0 aliphatic carbocycles. The molecule has 1 aliphatic rings. The fourth-order valence-corrected chi connectivity index (χ4v) is 2.60. The van der Waals surface area contributed by atoms with Gasteiger partial charge in [0, 0.05) is 6.54 Å². The monoisotopic (exact) mass is 287 g/mol. The Balaban J connectivity index is 2.61. The van der Waals surface area contributed by atoms with E-state index < -0.39 is 17.8 Å². The molecule has 2 rings (SSSR count). The molecule has 3 nitrogen and oxygen atoms in total. The van der Waals surface area contributed by atoms with Crippen LogP contribution in [0.5, 0.6) is 0 Å². The van der Waals surface area contributed by atoms with Crippen molar-refractivity contribution in [2.75, 3.05) is 11.4 Å². The van der Waals surface area contributed by atoms with Crippen molar-refractivity contribution in [3.05, 3.63) is 28.8 Å². The molecule has 0 unspecified atom stereocenters. The van der Waals surface area contributed by atoms with Gasteiger partial charge in [-0.2, -0.15) is 13.2 Å². The van der Waals surface area contributed by atoms with Crippen molar-refractivity contribution < 1.29 is 23.1 Å². The normalized spacial score (nSPS) is 15.7. The summed E-state index contributed by atoms with van der Waals surface area (Å²) >= 11 is 0. The van der Waals surface area contributed by atoms with Crippen molar-refractivity contribution in [3.63, 3.8) is 0 Å². The van der Waals surface area contributed by atoms with E-state index in [1.807, 2.05) is 0 Å². The van der Waals surface area contributed by atoms with E-state index >= 15 is 0 Å². The Morgan fingerprint density at radius 3 is 2.60 bits per heavy atom. The van der Waals surface area contributed by atoms with Crippen molar-refractivity contribution >= 4 is 11.8 Å². The molecule has 1 heterocycles. The summed E-state index contributed by atoms with van der Waals surface area (Å²) in [7, 11) is 0. The Morgan fingerprint density at radius 1 is 1.35 bits per heavy atom. The number of anilines is 1. The second-order valence-corrected chi connectivity index (χ2v) is 4.88. The molecule has 0 fully saturated rings. The summed E-state index contributed by atoms with van der Waals surface area (Å²) < 4.78 is 39.2. The van der Waals surface area contributed by atoms with E-state index in [9.17, 15) is 23.1 Å². The molecular formula is C14H16F3NO2. The summed E-state index contributed by atoms with van der Waals surface area (Å²) in [6.07, 6.45) is -3.34. The van der Waals surface area contributed by atoms with Gasteiger partial charge in [-0.1, -0.05) is 13.0 Å². The van der Waals surface area contributed by atoms with Crippen LogP contribution in [-0.2, 0) is 19.0 Å². The maximum absolute atomic E-state index is 13.1. The number of hydrogen-bond donors (Lipinski definition) is 1. The van der Waals surface area contributed by atoms with E-state index in [0.29, 0.717) is 18.4 Å². The Bertz CT molecular complexity index is 526. The minimum absolute atomic E-state index is 0.180. The van der Waals surface area contributed by atoms with Gasteiger partial charge in [-0.25, -0.2) is 4.79 Å². The summed E-state index contributed by atoms with van der Waals surface area (Å²) in [5.41, 5.74) is 0.365. The quantitative estimate of drug-likeness (QED) is 0.845. The van der Waals surface area contributed by atoms with Crippen molar-refractivity contribution in [1.82, 2.24) is 0 Å². The zero-order valence-corrected chi connectivity index (χ0v) is 11.1. The first kappa shape index (κ1) is 14.7. The molecular weight excluding hydrogens is 271 g/mol. The fraction of sp³-hybridized carbons (Fsp3) is 0.500. The summed E-state index contributed by atoms with van der Waals surface area (Å²) in [5, 5.41) is 9.17. The molecule has 0 saturated carbocycles. The van der Waals surface area contributed by atoms with Crippen LogP contribution in [0.3, 0.4) is 0 Å². The van der Waals surface area contributed by atoms with Crippen LogP contribution in [0.2, 0.25) is 0 Å². The van der Waals surface area contributed by atoms with Crippen molar-refractivity contribution in [1.29, 1.82) is 0 Å². The Labute approximate surface area is 115 Å². The van der Waals surface area contributed by atoms with Gasteiger partial charge in [-0.15, -0.1) is 0 Å². The predicted octanol–water partition coefficient (Wildman–Crippen LogP) is 4.09. The van der Waals surface area contributed by atoms with Crippen molar-refractivity contribution in [3.8, 4) is 0 Å². The van der Waals surface area contributed by atoms with Gasteiger partial charge in [-0.3, -0.25) is 4.90 Å². The largest absolute Gasteiger partial charge is 0.465 e. The molecule has 0 radical (unpaired) electrons. The van der Waals surface area contributed by atoms with E-state index in [0.717, 1.165) is 17.4 Å². The first-order valence-electron chi connectivity index (χ1n) is 6.58. The number of benzene rings is 1. The molecule has 0 saturated heterocycles. The number of nitrogens with zero attached hydrogens (tertiary/aromatic N) is 1. The topological polar surface area (TPSA) is 40.5 Å². The van der Waals surface area contributed by atoms with Crippen LogP contribution in [-0.4, -0.2) is 17.7 Å². The fourth-order valence-electron chi connectivity index (χ4n) is 2.60. The lowest BCUT2D eigenvalue weighted by atomic mass is 9.97. The van der Waals surface area contributed by atoms with Gasteiger partial charge in [0.2, 0.25) is 0 Å². The van der Waals surface area contributed by atoms with Crippen LogP contribution in [0.15, 0.2) is 12.1 Å². The summed E-state index contributed by atoms with van der Waals surface area (Å²) in [5.74, 6) is 0. The van der Waals surface area contributed by atoms with Gasteiger partial charge in [-0.05, 0) is 42.9 Å². The second-order valence-electron chi connectivity index (χ2n) is 4.88. The zero-order valence-electron chi connectivity index (χ0n) is 11.1. The number of alkyl halides is 3. The molecule has 20 heavy (non-hydrogen) atoms. The molecule has 0 bridgehead atoms. The second kappa shape index (κ2) is 5.34. The molecule has 6 heteroatoms. The highest BCUT2D eigenvalue weighted by Gasteiger charge is 2.35. The number of halogens is 3. The highest BCUT2D eigenvalue weighted by atomic mass is 19.4. The maximum atomic E-state index is 13.1.